The first-order valence-electron chi connectivity index (χ1n) is 7.11. The molecular formula is C17H14ClFN2O4. The predicted molar refractivity (Wildman–Crippen MR) is 91.0 cm³/mol. The van der Waals surface area contributed by atoms with Crippen LogP contribution in [0.5, 0.6) is 17.4 Å². The molecule has 3 rings (SSSR count). The molecule has 1 heterocycles. The molecule has 1 atom stereocenters. The smallest absolute Gasteiger partial charge is 0.344 e. The van der Waals surface area contributed by atoms with Crippen molar-refractivity contribution in [2.24, 2.45) is 0 Å². The van der Waals surface area contributed by atoms with Crippen LogP contribution >= 0.6 is 12.4 Å². The minimum atomic E-state index is -1.04. The number of halogens is 2. The molecule has 25 heavy (non-hydrogen) atoms. The Kier molecular flexibility index (Phi) is 5.71. The van der Waals surface area contributed by atoms with E-state index in [2.05, 4.69) is 9.97 Å². The molecule has 0 bridgehead atoms. The van der Waals surface area contributed by atoms with E-state index in [1.54, 1.807) is 24.3 Å². The topological polar surface area (TPSA) is 81.5 Å². The third-order valence-electron chi connectivity index (χ3n) is 3.19. The molecule has 0 radical (unpaired) electrons. The summed E-state index contributed by atoms with van der Waals surface area (Å²) in [5.41, 5.74) is 0.956. The maximum Gasteiger partial charge on any atom is 0.344 e. The van der Waals surface area contributed by atoms with E-state index in [1.165, 1.54) is 31.3 Å². The summed E-state index contributed by atoms with van der Waals surface area (Å²) in [5.74, 6) is -0.255. The summed E-state index contributed by atoms with van der Waals surface area (Å²) in [5, 5.41) is 8.81. The van der Waals surface area contributed by atoms with Gasteiger partial charge in [-0.3, -0.25) is 0 Å². The number of aromatic nitrogens is 2. The van der Waals surface area contributed by atoms with Crippen molar-refractivity contribution in [3.63, 3.8) is 0 Å². The number of ether oxygens (including phenoxy) is 2. The van der Waals surface area contributed by atoms with Crippen LogP contribution < -0.4 is 9.47 Å². The second-order valence-corrected chi connectivity index (χ2v) is 5.01. The molecule has 0 aliphatic heterocycles. The van der Waals surface area contributed by atoms with Crippen LogP contribution in [-0.4, -0.2) is 27.1 Å². The van der Waals surface area contributed by atoms with Gasteiger partial charge in [0, 0.05) is 6.07 Å². The van der Waals surface area contributed by atoms with Crippen LogP contribution in [0.25, 0.3) is 11.0 Å². The Morgan fingerprint density at radius 3 is 2.48 bits per heavy atom. The van der Waals surface area contributed by atoms with Crippen molar-refractivity contribution < 1.29 is 23.8 Å². The molecule has 0 fully saturated rings. The number of hydrogen-bond donors (Lipinski definition) is 1. The lowest BCUT2D eigenvalue weighted by atomic mass is 10.3. The van der Waals surface area contributed by atoms with E-state index in [0.717, 1.165) is 0 Å². The van der Waals surface area contributed by atoms with Gasteiger partial charge in [0.25, 0.3) is 0 Å². The number of rotatable bonds is 5. The van der Waals surface area contributed by atoms with Gasteiger partial charge in [-0.25, -0.2) is 19.2 Å². The Morgan fingerprint density at radius 1 is 1.12 bits per heavy atom. The fraction of sp³-hybridized carbons (Fsp3) is 0.118. The number of carboxylic acids is 1. The zero-order chi connectivity index (χ0) is 17.1. The molecular weight excluding hydrogens is 351 g/mol. The summed E-state index contributed by atoms with van der Waals surface area (Å²) in [4.78, 5) is 19.1. The number of carbonyl (C=O) groups is 1. The number of nitrogens with zero attached hydrogens (tertiary/aromatic N) is 2. The van der Waals surface area contributed by atoms with Gasteiger partial charge in [0.15, 0.2) is 6.10 Å². The predicted octanol–water partition coefficient (Wildman–Crippen LogP) is 3.83. The number of aliphatic carboxylic acids is 1. The average Bonchev–Trinajstić information content (AvgIpc) is 2.56. The van der Waals surface area contributed by atoms with Crippen molar-refractivity contribution >= 4 is 29.4 Å². The lowest BCUT2D eigenvalue weighted by molar-refractivity contribution is -0.144. The van der Waals surface area contributed by atoms with Gasteiger partial charge < -0.3 is 14.6 Å². The first kappa shape index (κ1) is 18.4. The van der Waals surface area contributed by atoms with E-state index in [-0.39, 0.29) is 24.1 Å². The van der Waals surface area contributed by atoms with Gasteiger partial charge in [0.1, 0.15) is 17.3 Å². The molecule has 0 aliphatic rings. The Balaban J connectivity index is 0.00000225. The average molecular weight is 365 g/mol. The van der Waals surface area contributed by atoms with Crippen molar-refractivity contribution in [1.29, 1.82) is 0 Å². The van der Waals surface area contributed by atoms with Gasteiger partial charge in [-0.2, -0.15) is 0 Å². The molecule has 3 aromatic rings. The summed E-state index contributed by atoms with van der Waals surface area (Å²) in [6.45, 7) is 1.44. The van der Waals surface area contributed by atoms with Crippen molar-refractivity contribution in [3.05, 3.63) is 54.5 Å². The van der Waals surface area contributed by atoms with E-state index >= 15 is 0 Å². The Bertz CT molecular complexity index is 889. The van der Waals surface area contributed by atoms with Gasteiger partial charge in [-0.1, -0.05) is 0 Å². The molecule has 8 heteroatoms. The van der Waals surface area contributed by atoms with Gasteiger partial charge in [0.2, 0.25) is 5.88 Å². The summed E-state index contributed by atoms with van der Waals surface area (Å²) in [6.07, 6.45) is 0.460. The van der Waals surface area contributed by atoms with Crippen LogP contribution in [0.1, 0.15) is 6.92 Å². The standard InChI is InChI=1S/C17H13FN2O4.ClH/c1-10(17(21)22)23-12-3-5-13(6-4-12)24-16-9-19-15-8-11(18)2-7-14(15)20-16;/h2-10H,1H3,(H,21,22);1H. The first-order chi connectivity index (χ1) is 11.5. The zero-order valence-electron chi connectivity index (χ0n) is 13.0. The van der Waals surface area contributed by atoms with Crippen LogP contribution in [-0.2, 0) is 4.79 Å². The molecule has 0 spiro atoms. The highest BCUT2D eigenvalue weighted by molar-refractivity contribution is 5.85. The molecule has 130 valence electrons. The zero-order valence-corrected chi connectivity index (χ0v) is 13.9. The van der Waals surface area contributed by atoms with Crippen molar-refractivity contribution in [2.75, 3.05) is 0 Å². The number of hydrogen-bond acceptors (Lipinski definition) is 5. The molecule has 6 nitrogen and oxygen atoms in total. The van der Waals surface area contributed by atoms with Crippen molar-refractivity contribution in [1.82, 2.24) is 9.97 Å². The first-order valence-corrected chi connectivity index (χ1v) is 7.11. The lowest BCUT2D eigenvalue weighted by Gasteiger charge is -2.11. The van der Waals surface area contributed by atoms with Gasteiger partial charge in [-0.15, -0.1) is 12.4 Å². The van der Waals surface area contributed by atoms with E-state index in [4.69, 9.17) is 14.6 Å². The highest BCUT2D eigenvalue weighted by Crippen LogP contribution is 2.24. The summed E-state index contributed by atoms with van der Waals surface area (Å²) in [6, 6.07) is 10.6. The molecule has 1 unspecified atom stereocenters. The second-order valence-electron chi connectivity index (χ2n) is 5.01. The maximum absolute atomic E-state index is 13.1. The van der Waals surface area contributed by atoms with Crippen LogP contribution in [0.15, 0.2) is 48.7 Å². The number of carboxylic acid groups (broad SMARTS) is 1. The Hall–Kier alpha value is -2.93. The molecule has 1 N–H and O–H groups in total. The number of benzene rings is 2. The van der Waals surface area contributed by atoms with Gasteiger partial charge in [0.05, 0.1) is 17.2 Å². The van der Waals surface area contributed by atoms with E-state index in [9.17, 15) is 9.18 Å². The van der Waals surface area contributed by atoms with Crippen LogP contribution in [0, 0.1) is 5.82 Å². The Labute approximate surface area is 148 Å². The van der Waals surface area contributed by atoms with Crippen molar-refractivity contribution in [3.8, 4) is 17.4 Å². The maximum atomic E-state index is 13.1. The van der Waals surface area contributed by atoms with Crippen molar-refractivity contribution in [2.45, 2.75) is 13.0 Å². The quantitative estimate of drug-likeness (QED) is 0.740. The van der Waals surface area contributed by atoms with E-state index < -0.39 is 12.1 Å². The van der Waals surface area contributed by atoms with E-state index in [0.29, 0.717) is 22.5 Å². The van der Waals surface area contributed by atoms with E-state index in [1.807, 2.05) is 0 Å². The van der Waals surface area contributed by atoms with Gasteiger partial charge in [-0.05, 0) is 43.3 Å². The largest absolute Gasteiger partial charge is 0.479 e. The minimum Gasteiger partial charge on any atom is -0.479 e. The number of fused-ring (bicyclic) bond motifs is 1. The highest BCUT2D eigenvalue weighted by Gasteiger charge is 2.12. The van der Waals surface area contributed by atoms with Crippen LogP contribution in [0.4, 0.5) is 4.39 Å². The normalized spacial score (nSPS) is 11.4. The highest BCUT2D eigenvalue weighted by atomic mass is 35.5. The van der Waals surface area contributed by atoms with Crippen LogP contribution in [0.3, 0.4) is 0 Å². The van der Waals surface area contributed by atoms with Crippen LogP contribution in [0.2, 0.25) is 0 Å². The second kappa shape index (κ2) is 7.76. The molecule has 1 aromatic heterocycles. The summed E-state index contributed by atoms with van der Waals surface area (Å²) in [7, 11) is 0. The molecule has 0 amide bonds. The lowest BCUT2D eigenvalue weighted by Crippen LogP contribution is -2.22. The summed E-state index contributed by atoms with van der Waals surface area (Å²) < 4.78 is 23.9. The fourth-order valence-electron chi connectivity index (χ4n) is 1.98. The molecule has 0 saturated heterocycles. The SMILES string of the molecule is CC(Oc1ccc(Oc2cnc3cc(F)ccc3n2)cc1)C(=O)O.Cl. The third-order valence-corrected chi connectivity index (χ3v) is 3.19. The molecule has 0 aliphatic carbocycles. The molecule has 0 saturated carbocycles. The van der Waals surface area contributed by atoms with Gasteiger partial charge >= 0.3 is 5.97 Å². The fourth-order valence-corrected chi connectivity index (χ4v) is 1.98. The monoisotopic (exact) mass is 364 g/mol. The Morgan fingerprint density at radius 2 is 1.80 bits per heavy atom. The third kappa shape index (κ3) is 4.54. The molecule has 2 aromatic carbocycles. The summed E-state index contributed by atoms with van der Waals surface area (Å²) >= 11 is 0. The minimum absolute atomic E-state index is 0.